The van der Waals surface area contributed by atoms with E-state index in [1.54, 1.807) is 59.8 Å². The van der Waals surface area contributed by atoms with Crippen molar-refractivity contribution in [1.82, 2.24) is 24.3 Å². The first kappa shape index (κ1) is 33.9. The molecule has 10 nitrogen and oxygen atoms in total. The minimum atomic E-state index is -1.02. The van der Waals surface area contributed by atoms with E-state index in [1.165, 1.54) is 4.57 Å². The molecule has 2 amide bonds. The number of rotatable bonds is 9. The summed E-state index contributed by atoms with van der Waals surface area (Å²) in [7, 11) is 0. The fourth-order valence-electron chi connectivity index (χ4n) is 5.96. The van der Waals surface area contributed by atoms with Crippen LogP contribution < -0.4 is 15.7 Å². The molecule has 0 fully saturated rings. The van der Waals surface area contributed by atoms with Crippen LogP contribution >= 0.6 is 15.9 Å². The summed E-state index contributed by atoms with van der Waals surface area (Å²) < 4.78 is 9.62. The standard InChI is InChI=1S/C38H38BrN5O5/c1-24-19-26(12-17-31(24)39)36(46)42-22-33-34(35(45)41-20-27-9-5-6-10-30(27)32-11-7-8-18-40-32)44(37(47)43(33)21-25(42)2)28-13-15-29(16-14-28)49-23-38(3,4)48/h5-19,25,48H,20-23H2,1-4H3,(H,41,45)/t25-/m1/s1. The molecule has 2 N–H and O–H groups in total. The molecule has 2 aromatic heterocycles. The van der Waals surface area contributed by atoms with E-state index < -0.39 is 11.5 Å². The van der Waals surface area contributed by atoms with Crippen molar-refractivity contribution in [2.45, 2.75) is 59.0 Å². The quantitative estimate of drug-likeness (QED) is 0.196. The van der Waals surface area contributed by atoms with Crippen LogP contribution in [0.15, 0.2) is 100 Å². The van der Waals surface area contributed by atoms with Gasteiger partial charge in [-0.2, -0.15) is 0 Å². The molecule has 0 aliphatic carbocycles. The molecular weight excluding hydrogens is 686 g/mol. The number of aliphatic hydroxyl groups is 1. The second-order valence-corrected chi connectivity index (χ2v) is 13.8. The number of nitrogens with zero attached hydrogens (tertiary/aromatic N) is 4. The fourth-order valence-corrected chi connectivity index (χ4v) is 6.21. The molecule has 0 saturated heterocycles. The first-order chi connectivity index (χ1) is 23.4. The van der Waals surface area contributed by atoms with Crippen LogP contribution in [0.1, 0.15) is 58.4 Å². The zero-order valence-electron chi connectivity index (χ0n) is 27.8. The Morgan fingerprint density at radius 2 is 1.78 bits per heavy atom. The summed E-state index contributed by atoms with van der Waals surface area (Å²) in [4.78, 5) is 48.5. The predicted molar refractivity (Wildman–Crippen MR) is 191 cm³/mol. The molecule has 0 saturated carbocycles. The van der Waals surface area contributed by atoms with Gasteiger partial charge >= 0.3 is 5.69 Å². The number of nitrogens with one attached hydrogen (secondary N) is 1. The number of carbonyl (C=O) groups is 2. The smallest absolute Gasteiger partial charge is 0.333 e. The summed E-state index contributed by atoms with van der Waals surface area (Å²) in [5.74, 6) is -0.126. The van der Waals surface area contributed by atoms with Crippen molar-refractivity contribution >= 4 is 27.7 Å². The summed E-state index contributed by atoms with van der Waals surface area (Å²) in [6.45, 7) is 7.69. The minimum absolute atomic E-state index is 0.0669. The molecule has 1 atom stereocenters. The summed E-state index contributed by atoms with van der Waals surface area (Å²) in [6, 6.07) is 25.3. The molecule has 49 heavy (non-hydrogen) atoms. The number of fused-ring (bicyclic) bond motifs is 1. The number of hydrogen-bond donors (Lipinski definition) is 2. The number of pyridine rings is 1. The number of imidazole rings is 1. The maximum atomic E-state index is 14.3. The van der Waals surface area contributed by atoms with Gasteiger partial charge in [0.15, 0.2) is 0 Å². The Morgan fingerprint density at radius 3 is 2.47 bits per heavy atom. The number of carbonyl (C=O) groups excluding carboxylic acids is 2. The van der Waals surface area contributed by atoms with E-state index in [2.05, 4.69) is 26.2 Å². The highest BCUT2D eigenvalue weighted by atomic mass is 79.9. The monoisotopic (exact) mass is 723 g/mol. The molecule has 252 valence electrons. The zero-order valence-corrected chi connectivity index (χ0v) is 29.4. The van der Waals surface area contributed by atoms with Gasteiger partial charge in [-0.25, -0.2) is 4.79 Å². The average molecular weight is 725 g/mol. The van der Waals surface area contributed by atoms with Crippen LogP contribution in [0.5, 0.6) is 5.75 Å². The van der Waals surface area contributed by atoms with Crippen LogP contribution in [0.4, 0.5) is 0 Å². The highest BCUT2D eigenvalue weighted by molar-refractivity contribution is 9.10. The maximum Gasteiger partial charge on any atom is 0.333 e. The molecule has 1 aliphatic rings. The van der Waals surface area contributed by atoms with Gasteiger partial charge < -0.3 is 20.1 Å². The van der Waals surface area contributed by atoms with Gasteiger partial charge in [0.25, 0.3) is 11.8 Å². The maximum absolute atomic E-state index is 14.3. The third kappa shape index (κ3) is 7.23. The molecule has 0 spiro atoms. The number of benzene rings is 3. The van der Waals surface area contributed by atoms with Gasteiger partial charge in [0, 0.05) is 40.9 Å². The number of ether oxygens (including phenoxy) is 1. The number of aromatic nitrogens is 3. The topological polar surface area (TPSA) is 119 Å². The van der Waals surface area contributed by atoms with Crippen molar-refractivity contribution in [3.63, 3.8) is 0 Å². The molecule has 0 radical (unpaired) electrons. The second kappa shape index (κ2) is 13.9. The largest absolute Gasteiger partial charge is 0.491 e. The summed E-state index contributed by atoms with van der Waals surface area (Å²) in [6.07, 6.45) is 1.72. The van der Waals surface area contributed by atoms with Crippen LogP contribution in [0.25, 0.3) is 16.9 Å². The third-order valence-electron chi connectivity index (χ3n) is 8.51. The Hall–Kier alpha value is -5.00. The van der Waals surface area contributed by atoms with E-state index >= 15 is 0 Å². The lowest BCUT2D eigenvalue weighted by molar-refractivity contribution is 0.0285. The number of halogens is 1. The molecular formula is C38H38BrN5O5. The van der Waals surface area contributed by atoms with Crippen LogP contribution in [0.2, 0.25) is 0 Å². The fraction of sp³-hybridized carbons (Fsp3) is 0.263. The van der Waals surface area contributed by atoms with Crippen molar-refractivity contribution in [3.05, 3.63) is 134 Å². The van der Waals surface area contributed by atoms with Crippen LogP contribution in [-0.2, 0) is 19.6 Å². The Balaban J connectivity index is 1.38. The SMILES string of the molecule is Cc1cc(C(=O)N2Cc3c(C(=O)NCc4ccccc4-c4ccccn4)n(-c4ccc(OCC(C)(C)O)cc4)c(=O)n3C[C@H]2C)ccc1Br. The summed E-state index contributed by atoms with van der Waals surface area (Å²) in [5.41, 5.74) is 3.66. The van der Waals surface area contributed by atoms with Gasteiger partial charge in [0.2, 0.25) is 0 Å². The van der Waals surface area contributed by atoms with Crippen molar-refractivity contribution < 1.29 is 19.4 Å². The first-order valence-corrected chi connectivity index (χ1v) is 16.9. The third-order valence-corrected chi connectivity index (χ3v) is 9.40. The van der Waals surface area contributed by atoms with Crippen molar-refractivity contribution in [1.29, 1.82) is 0 Å². The van der Waals surface area contributed by atoms with E-state index in [9.17, 15) is 19.5 Å². The number of hydrogen-bond acceptors (Lipinski definition) is 6. The van der Waals surface area contributed by atoms with E-state index in [0.29, 0.717) is 22.7 Å². The lowest BCUT2D eigenvalue weighted by atomic mass is 10.0. The Kier molecular flexibility index (Phi) is 9.58. The second-order valence-electron chi connectivity index (χ2n) is 12.9. The molecule has 0 unspecified atom stereocenters. The Bertz CT molecular complexity index is 2070. The van der Waals surface area contributed by atoms with Crippen molar-refractivity contribution in [3.8, 4) is 22.7 Å². The van der Waals surface area contributed by atoms with Gasteiger partial charge in [-0.15, -0.1) is 0 Å². The molecule has 5 aromatic rings. The molecule has 0 bridgehead atoms. The zero-order chi connectivity index (χ0) is 34.9. The van der Waals surface area contributed by atoms with E-state index in [4.69, 9.17) is 4.74 Å². The highest BCUT2D eigenvalue weighted by Gasteiger charge is 2.35. The van der Waals surface area contributed by atoms with Gasteiger partial charge in [0.05, 0.1) is 29.2 Å². The van der Waals surface area contributed by atoms with Crippen LogP contribution in [0, 0.1) is 6.92 Å². The van der Waals surface area contributed by atoms with Crippen molar-refractivity contribution in [2.24, 2.45) is 0 Å². The average Bonchev–Trinajstić information content (AvgIpc) is 3.38. The Labute approximate surface area is 293 Å². The van der Waals surface area contributed by atoms with Gasteiger partial charge in [-0.3, -0.25) is 23.7 Å². The lowest BCUT2D eigenvalue weighted by Gasteiger charge is -2.34. The van der Waals surface area contributed by atoms with Crippen molar-refractivity contribution in [2.75, 3.05) is 6.61 Å². The Morgan fingerprint density at radius 1 is 1.04 bits per heavy atom. The molecule has 6 rings (SSSR count). The number of amides is 2. The molecule has 1 aliphatic heterocycles. The van der Waals surface area contributed by atoms with Gasteiger partial charge in [-0.05, 0) is 93.4 Å². The molecule has 3 heterocycles. The minimum Gasteiger partial charge on any atom is -0.491 e. The van der Waals surface area contributed by atoms with E-state index in [1.807, 2.05) is 68.4 Å². The molecule has 3 aromatic carbocycles. The van der Waals surface area contributed by atoms with Gasteiger partial charge in [-0.1, -0.05) is 46.3 Å². The lowest BCUT2D eigenvalue weighted by Crippen LogP contribution is -2.47. The highest BCUT2D eigenvalue weighted by Crippen LogP contribution is 2.27. The van der Waals surface area contributed by atoms with Gasteiger partial charge in [0.1, 0.15) is 18.1 Å². The van der Waals surface area contributed by atoms with Crippen LogP contribution in [0.3, 0.4) is 0 Å². The van der Waals surface area contributed by atoms with Crippen LogP contribution in [-0.4, -0.2) is 54.2 Å². The number of aryl methyl sites for hydroxylation is 1. The predicted octanol–water partition coefficient (Wildman–Crippen LogP) is 5.90. The van der Waals surface area contributed by atoms with E-state index in [0.717, 1.165) is 26.9 Å². The summed E-state index contributed by atoms with van der Waals surface area (Å²) in [5, 5.41) is 13.1. The van der Waals surface area contributed by atoms with E-state index in [-0.39, 0.29) is 49.6 Å². The molecule has 11 heteroatoms. The summed E-state index contributed by atoms with van der Waals surface area (Å²) >= 11 is 3.50. The normalized spacial score (nSPS) is 14.3. The first-order valence-electron chi connectivity index (χ1n) is 16.1.